The molecule has 0 saturated heterocycles. The van der Waals surface area contributed by atoms with Gasteiger partial charge in [0.05, 0.1) is 25.4 Å². The van der Waals surface area contributed by atoms with Gasteiger partial charge in [0.2, 0.25) is 0 Å². The number of aliphatic hydroxyl groups is 1. The summed E-state index contributed by atoms with van der Waals surface area (Å²) in [6.07, 6.45) is -1.13. The lowest BCUT2D eigenvalue weighted by molar-refractivity contribution is -0.143. The first-order valence-corrected chi connectivity index (χ1v) is 14.8. The van der Waals surface area contributed by atoms with E-state index in [0.29, 0.717) is 25.4 Å². The topological polar surface area (TPSA) is 84.2 Å². The third-order valence-electron chi connectivity index (χ3n) is 8.62. The molecule has 1 aromatic heterocycles. The first-order chi connectivity index (χ1) is 20.8. The largest absolute Gasteiger partial charge is 0.394 e. The first kappa shape index (κ1) is 30.5. The summed E-state index contributed by atoms with van der Waals surface area (Å²) in [5, 5.41) is 11.2. The molecule has 0 saturated carbocycles. The van der Waals surface area contributed by atoms with Crippen molar-refractivity contribution in [2.75, 3.05) is 33.9 Å². The first-order valence-electron chi connectivity index (χ1n) is 14.8. The normalized spacial score (nSPS) is 18.8. The van der Waals surface area contributed by atoms with E-state index in [1.165, 1.54) is 7.11 Å². The van der Waals surface area contributed by atoms with E-state index < -0.39 is 18.2 Å². The van der Waals surface area contributed by atoms with Crippen molar-refractivity contribution in [3.05, 3.63) is 95.7 Å². The maximum atomic E-state index is 14.5. The molecule has 0 radical (unpaired) electrons. The Morgan fingerprint density at radius 3 is 2.47 bits per heavy atom. The second-order valence-electron chi connectivity index (χ2n) is 11.5. The van der Waals surface area contributed by atoms with Crippen molar-refractivity contribution in [1.29, 1.82) is 0 Å². The summed E-state index contributed by atoms with van der Waals surface area (Å²) in [6, 6.07) is 25.1. The van der Waals surface area contributed by atoms with Gasteiger partial charge in [-0.1, -0.05) is 79.7 Å². The maximum absolute atomic E-state index is 14.5. The molecular formula is C35H41N3O5. The quantitative estimate of drug-likeness (QED) is 0.329. The summed E-state index contributed by atoms with van der Waals surface area (Å²) in [5.74, 6) is -0.477. The van der Waals surface area contributed by atoms with Crippen LogP contribution in [0.3, 0.4) is 0 Å². The minimum absolute atomic E-state index is 0.148. The number of methoxy groups -OCH3 is 1. The van der Waals surface area contributed by atoms with E-state index in [-0.39, 0.29) is 24.3 Å². The third kappa shape index (κ3) is 5.95. The number of hydrogen-bond donors (Lipinski definition) is 1. The summed E-state index contributed by atoms with van der Waals surface area (Å²) in [6.45, 7) is 4.67. The Bertz CT molecular complexity index is 1580. The van der Waals surface area contributed by atoms with E-state index in [4.69, 9.17) is 9.47 Å². The van der Waals surface area contributed by atoms with Gasteiger partial charge < -0.3 is 28.9 Å². The van der Waals surface area contributed by atoms with Gasteiger partial charge in [0.1, 0.15) is 5.69 Å². The van der Waals surface area contributed by atoms with Crippen molar-refractivity contribution < 1.29 is 24.2 Å². The number of rotatable bonds is 7. The number of amides is 2. The van der Waals surface area contributed by atoms with Crippen molar-refractivity contribution >= 4 is 22.7 Å². The second kappa shape index (κ2) is 13.1. The number of ether oxygens (including phenoxy) is 2. The SMILES string of the molecule is CO[C@H](C(=O)N(C)C[C@H]1OCc2ccccc2-c2c(n(C)c3ccccc23)C(=O)N([C@H](C)CO)C[C@@H]1C)c1ccccc1. The zero-order valence-electron chi connectivity index (χ0n) is 25.6. The summed E-state index contributed by atoms with van der Waals surface area (Å²) < 4.78 is 14.2. The smallest absolute Gasteiger partial charge is 0.271 e. The van der Waals surface area contributed by atoms with Crippen LogP contribution in [0, 0.1) is 5.92 Å². The lowest BCUT2D eigenvalue weighted by Gasteiger charge is -2.35. The zero-order valence-corrected chi connectivity index (χ0v) is 25.6. The van der Waals surface area contributed by atoms with Crippen LogP contribution in [0.25, 0.3) is 22.0 Å². The number of nitrogens with zero attached hydrogens (tertiary/aromatic N) is 3. The number of carbonyl (C=O) groups is 2. The molecule has 0 unspecified atom stereocenters. The van der Waals surface area contributed by atoms with Gasteiger partial charge in [-0.15, -0.1) is 0 Å². The van der Waals surface area contributed by atoms with Crippen LogP contribution in [0.1, 0.15) is 41.6 Å². The van der Waals surface area contributed by atoms with E-state index in [1.807, 2.05) is 104 Å². The summed E-state index contributed by atoms with van der Waals surface area (Å²) in [4.78, 5) is 31.5. The third-order valence-corrected chi connectivity index (χ3v) is 8.62. The van der Waals surface area contributed by atoms with E-state index in [2.05, 4.69) is 0 Å². The zero-order chi connectivity index (χ0) is 30.7. The molecular weight excluding hydrogens is 542 g/mol. The molecule has 8 heteroatoms. The average Bonchev–Trinajstić information content (AvgIpc) is 3.32. The molecule has 2 heterocycles. The molecule has 0 spiro atoms. The Morgan fingerprint density at radius 2 is 1.74 bits per heavy atom. The van der Waals surface area contributed by atoms with Gasteiger partial charge in [0.25, 0.3) is 11.8 Å². The fourth-order valence-corrected chi connectivity index (χ4v) is 6.09. The van der Waals surface area contributed by atoms with E-state index >= 15 is 0 Å². The monoisotopic (exact) mass is 583 g/mol. The van der Waals surface area contributed by atoms with Gasteiger partial charge in [-0.3, -0.25) is 9.59 Å². The van der Waals surface area contributed by atoms with E-state index in [9.17, 15) is 14.7 Å². The van der Waals surface area contributed by atoms with Crippen LogP contribution in [0.5, 0.6) is 0 Å². The van der Waals surface area contributed by atoms with Crippen LogP contribution >= 0.6 is 0 Å². The Labute approximate surface area is 253 Å². The molecule has 0 aliphatic carbocycles. The average molecular weight is 584 g/mol. The number of hydrogen-bond acceptors (Lipinski definition) is 5. The highest BCUT2D eigenvalue weighted by molar-refractivity contribution is 6.10. The molecule has 3 aromatic carbocycles. The van der Waals surface area contributed by atoms with Crippen LogP contribution in [0.2, 0.25) is 0 Å². The van der Waals surface area contributed by atoms with Gasteiger partial charge in [0.15, 0.2) is 6.10 Å². The van der Waals surface area contributed by atoms with E-state index in [1.54, 1.807) is 16.8 Å². The standard InChI is InChI=1S/C35H41N3O5/c1-23-19-38(24(2)21-39)34(40)32-31(28-17-11-12-18-29(28)37(32)4)27-16-10-9-15-26(27)22-43-30(23)20-36(3)35(41)33(42-5)25-13-7-6-8-14-25/h6-18,23-24,30,33,39H,19-22H2,1-5H3/t23-,24+,30+,33-/m0/s1. The molecule has 1 aliphatic heterocycles. The number of carbonyl (C=O) groups excluding carboxylic acids is 2. The number of fused-ring (bicyclic) bond motifs is 5. The van der Waals surface area contributed by atoms with Crippen molar-refractivity contribution in [3.8, 4) is 11.1 Å². The number of para-hydroxylation sites is 1. The molecule has 2 amide bonds. The molecule has 4 aromatic rings. The Morgan fingerprint density at radius 1 is 1.07 bits per heavy atom. The molecule has 5 rings (SSSR count). The predicted octanol–water partition coefficient (Wildman–Crippen LogP) is 5.05. The fraction of sp³-hybridized carbons (Fsp3) is 0.371. The Balaban J connectivity index is 1.55. The van der Waals surface area contributed by atoms with Crippen LogP contribution in [0.4, 0.5) is 0 Å². The minimum atomic E-state index is -0.736. The second-order valence-corrected chi connectivity index (χ2v) is 11.5. The molecule has 1 aliphatic rings. The number of likely N-dealkylation sites (N-methyl/N-ethyl adjacent to an activating group) is 1. The van der Waals surface area contributed by atoms with Gasteiger partial charge in [-0.25, -0.2) is 0 Å². The number of aryl methyl sites for hydroxylation is 1. The molecule has 0 bridgehead atoms. The van der Waals surface area contributed by atoms with Crippen LogP contribution in [-0.2, 0) is 27.9 Å². The van der Waals surface area contributed by atoms with Crippen molar-refractivity contribution in [3.63, 3.8) is 0 Å². The lowest BCUT2D eigenvalue weighted by atomic mass is 9.96. The van der Waals surface area contributed by atoms with Gasteiger partial charge in [-0.2, -0.15) is 0 Å². The summed E-state index contributed by atoms with van der Waals surface area (Å²) in [5.41, 5.74) is 5.08. The highest BCUT2D eigenvalue weighted by Gasteiger charge is 2.34. The molecule has 8 nitrogen and oxygen atoms in total. The van der Waals surface area contributed by atoms with Gasteiger partial charge in [0, 0.05) is 56.7 Å². The maximum Gasteiger partial charge on any atom is 0.271 e. The van der Waals surface area contributed by atoms with Crippen molar-refractivity contribution in [2.24, 2.45) is 13.0 Å². The van der Waals surface area contributed by atoms with Crippen molar-refractivity contribution in [1.82, 2.24) is 14.4 Å². The molecule has 43 heavy (non-hydrogen) atoms. The molecule has 4 atom stereocenters. The van der Waals surface area contributed by atoms with Gasteiger partial charge in [-0.05, 0) is 29.7 Å². The molecule has 226 valence electrons. The highest BCUT2D eigenvalue weighted by Crippen LogP contribution is 2.38. The van der Waals surface area contributed by atoms with Crippen LogP contribution in [0.15, 0.2) is 78.9 Å². The van der Waals surface area contributed by atoms with Crippen LogP contribution in [-0.4, -0.2) is 77.3 Å². The lowest BCUT2D eigenvalue weighted by Crippen LogP contribution is -2.48. The molecule has 0 fully saturated rings. The predicted molar refractivity (Wildman–Crippen MR) is 168 cm³/mol. The number of aromatic nitrogens is 1. The molecule has 1 N–H and O–H groups in total. The Hall–Kier alpha value is -3.98. The summed E-state index contributed by atoms with van der Waals surface area (Å²) in [7, 11) is 5.21. The van der Waals surface area contributed by atoms with Crippen molar-refractivity contribution in [2.45, 2.75) is 38.7 Å². The van der Waals surface area contributed by atoms with Gasteiger partial charge >= 0.3 is 0 Å². The van der Waals surface area contributed by atoms with Crippen LogP contribution < -0.4 is 0 Å². The number of aliphatic hydroxyl groups excluding tert-OH is 1. The summed E-state index contributed by atoms with van der Waals surface area (Å²) >= 11 is 0. The fourth-order valence-electron chi connectivity index (χ4n) is 6.09. The Kier molecular flexibility index (Phi) is 9.30. The highest BCUT2D eigenvalue weighted by atomic mass is 16.5. The number of benzene rings is 3. The van der Waals surface area contributed by atoms with E-state index in [0.717, 1.165) is 33.2 Å². The minimum Gasteiger partial charge on any atom is -0.394 e.